The molecule has 9 heteroatoms. The van der Waals surface area contributed by atoms with E-state index in [-0.39, 0.29) is 30.0 Å². The molecule has 2 saturated heterocycles. The van der Waals surface area contributed by atoms with Crippen molar-refractivity contribution in [3.05, 3.63) is 35.4 Å². The summed E-state index contributed by atoms with van der Waals surface area (Å²) < 4.78 is 44.1. The number of benzene rings is 1. The van der Waals surface area contributed by atoms with Crippen LogP contribution >= 0.6 is 24.0 Å². The normalized spacial score (nSPS) is 21.0. The van der Waals surface area contributed by atoms with Gasteiger partial charge in [-0.15, -0.1) is 24.0 Å². The van der Waals surface area contributed by atoms with Crippen LogP contribution in [-0.2, 0) is 10.9 Å². The van der Waals surface area contributed by atoms with Crippen LogP contribution in [0.15, 0.2) is 29.3 Å². The number of likely N-dealkylation sites (tertiary alicyclic amines) is 1. The summed E-state index contributed by atoms with van der Waals surface area (Å²) in [6.45, 7) is 7.14. The molecule has 0 bridgehead atoms. The second-order valence-electron chi connectivity index (χ2n) is 7.65. The zero-order valence-corrected chi connectivity index (χ0v) is 19.0. The number of guanidine groups is 1. The number of hydrogen-bond acceptors (Lipinski definition) is 3. The minimum Gasteiger partial charge on any atom is -0.379 e. The molecule has 1 aromatic carbocycles. The van der Waals surface area contributed by atoms with E-state index in [1.165, 1.54) is 0 Å². The molecule has 2 aliphatic rings. The molecule has 2 aliphatic heterocycles. The van der Waals surface area contributed by atoms with Crippen molar-refractivity contribution in [1.29, 1.82) is 0 Å². The van der Waals surface area contributed by atoms with Crippen LogP contribution in [0.4, 0.5) is 13.2 Å². The zero-order chi connectivity index (χ0) is 20.1. The van der Waals surface area contributed by atoms with E-state index in [0.717, 1.165) is 56.7 Å². The second-order valence-corrected chi connectivity index (χ2v) is 7.65. The van der Waals surface area contributed by atoms with E-state index in [2.05, 4.69) is 21.7 Å². The van der Waals surface area contributed by atoms with Gasteiger partial charge in [-0.25, -0.2) is 0 Å². The van der Waals surface area contributed by atoms with E-state index in [1.54, 1.807) is 12.1 Å². The van der Waals surface area contributed by atoms with E-state index in [4.69, 9.17) is 10.5 Å². The van der Waals surface area contributed by atoms with E-state index in [0.29, 0.717) is 31.6 Å². The van der Waals surface area contributed by atoms with Crippen LogP contribution in [0, 0.1) is 5.92 Å². The number of alkyl halides is 3. The van der Waals surface area contributed by atoms with Crippen molar-refractivity contribution in [3.63, 3.8) is 0 Å². The number of rotatable bonds is 4. The first kappa shape index (κ1) is 24.2. The summed E-state index contributed by atoms with van der Waals surface area (Å²) in [7, 11) is 0. The molecule has 164 valence electrons. The Hall–Kier alpha value is -1.07. The molecule has 0 radical (unpaired) electrons. The molecule has 2 heterocycles. The van der Waals surface area contributed by atoms with Gasteiger partial charge in [-0.05, 0) is 36.5 Å². The van der Waals surface area contributed by atoms with Gasteiger partial charge in [-0.3, -0.25) is 9.89 Å². The van der Waals surface area contributed by atoms with Gasteiger partial charge in [0.25, 0.3) is 0 Å². The highest BCUT2D eigenvalue weighted by Gasteiger charge is 2.31. The molecule has 0 aliphatic carbocycles. The summed E-state index contributed by atoms with van der Waals surface area (Å²) in [5.41, 5.74) is 6.40. The third-order valence-corrected chi connectivity index (χ3v) is 5.64. The average molecular weight is 526 g/mol. The number of nitrogens with two attached hydrogens (primary N) is 1. The Bertz CT molecular complexity index is 655. The number of piperidine rings is 1. The van der Waals surface area contributed by atoms with E-state index < -0.39 is 11.7 Å². The van der Waals surface area contributed by atoms with E-state index in [1.807, 2.05) is 0 Å². The van der Waals surface area contributed by atoms with Gasteiger partial charge in [0.2, 0.25) is 0 Å². The van der Waals surface area contributed by atoms with Gasteiger partial charge in [-0.2, -0.15) is 13.2 Å². The van der Waals surface area contributed by atoms with Crippen molar-refractivity contribution >= 4 is 29.9 Å². The van der Waals surface area contributed by atoms with Crippen LogP contribution in [0.25, 0.3) is 0 Å². The Morgan fingerprint density at radius 1 is 1.14 bits per heavy atom. The zero-order valence-electron chi connectivity index (χ0n) is 16.7. The third-order valence-electron chi connectivity index (χ3n) is 5.64. The van der Waals surface area contributed by atoms with Gasteiger partial charge in [0.05, 0.1) is 31.4 Å². The number of ether oxygens (including phenoxy) is 1. The number of halogens is 4. The first-order valence-corrected chi connectivity index (χ1v) is 9.88. The molecule has 3 rings (SSSR count). The highest BCUT2D eigenvalue weighted by molar-refractivity contribution is 14.0. The van der Waals surface area contributed by atoms with Crippen LogP contribution in [0.1, 0.15) is 36.9 Å². The third kappa shape index (κ3) is 6.71. The van der Waals surface area contributed by atoms with Gasteiger partial charge < -0.3 is 15.4 Å². The predicted molar refractivity (Wildman–Crippen MR) is 118 cm³/mol. The largest absolute Gasteiger partial charge is 0.416 e. The summed E-state index contributed by atoms with van der Waals surface area (Å²) in [4.78, 5) is 8.92. The average Bonchev–Trinajstić information content (AvgIpc) is 2.69. The van der Waals surface area contributed by atoms with Crippen LogP contribution in [0.5, 0.6) is 0 Å². The van der Waals surface area contributed by atoms with Crippen molar-refractivity contribution < 1.29 is 17.9 Å². The van der Waals surface area contributed by atoms with Gasteiger partial charge in [0.1, 0.15) is 0 Å². The second kappa shape index (κ2) is 10.8. The molecular weight excluding hydrogens is 496 g/mol. The van der Waals surface area contributed by atoms with E-state index in [9.17, 15) is 13.2 Å². The fourth-order valence-corrected chi connectivity index (χ4v) is 3.73. The minimum atomic E-state index is -4.33. The van der Waals surface area contributed by atoms with Gasteiger partial charge in [-0.1, -0.05) is 19.1 Å². The summed E-state index contributed by atoms with van der Waals surface area (Å²) in [5.74, 6) is 1.23. The molecule has 29 heavy (non-hydrogen) atoms. The van der Waals surface area contributed by atoms with Crippen molar-refractivity contribution in [2.45, 2.75) is 32.0 Å². The number of morpholine rings is 1. The molecule has 0 spiro atoms. The maximum atomic E-state index is 12.9. The molecule has 0 amide bonds. The molecule has 0 aromatic heterocycles. The lowest BCUT2D eigenvalue weighted by Crippen LogP contribution is -2.44. The van der Waals surface area contributed by atoms with Crippen molar-refractivity contribution in [2.75, 3.05) is 45.9 Å². The summed E-state index contributed by atoms with van der Waals surface area (Å²) >= 11 is 0. The molecule has 5 nitrogen and oxygen atoms in total. The smallest absolute Gasteiger partial charge is 0.379 e. The molecule has 1 atom stereocenters. The summed E-state index contributed by atoms with van der Waals surface area (Å²) in [6.07, 6.45) is -2.13. The Morgan fingerprint density at radius 3 is 2.28 bits per heavy atom. The summed E-state index contributed by atoms with van der Waals surface area (Å²) in [6, 6.07) is 5.27. The minimum absolute atomic E-state index is 0. The maximum absolute atomic E-state index is 12.9. The maximum Gasteiger partial charge on any atom is 0.416 e. The van der Waals surface area contributed by atoms with Crippen molar-refractivity contribution in [2.24, 2.45) is 16.6 Å². The number of hydrogen-bond donors (Lipinski definition) is 1. The van der Waals surface area contributed by atoms with Crippen molar-refractivity contribution in [1.82, 2.24) is 9.80 Å². The fraction of sp³-hybridized carbons (Fsp3) is 0.650. The Labute approximate surface area is 187 Å². The SMILES string of the molecule is CC1CCN(C(N)=NCC(c2ccc(C(F)(F)F)cc2)N2CCOCC2)CC1.I. The monoisotopic (exact) mass is 526 g/mol. The Kier molecular flexibility index (Phi) is 9.02. The highest BCUT2D eigenvalue weighted by Crippen LogP contribution is 2.31. The van der Waals surface area contributed by atoms with Crippen LogP contribution in [-0.4, -0.2) is 61.7 Å². The lowest BCUT2D eigenvalue weighted by Gasteiger charge is -2.35. The molecule has 2 fully saturated rings. The standard InChI is InChI=1S/C20H29F3N4O.HI/c1-15-6-8-27(9-7-15)19(24)25-14-18(26-10-12-28-13-11-26)16-2-4-17(5-3-16)20(21,22)23;/h2-5,15,18H,6-14H2,1H3,(H2,24,25);1H. The van der Waals surface area contributed by atoms with Gasteiger partial charge >= 0.3 is 6.18 Å². The quantitative estimate of drug-likeness (QED) is 0.369. The Morgan fingerprint density at radius 2 is 1.72 bits per heavy atom. The molecule has 0 saturated carbocycles. The molecular formula is C20H30F3IN4O. The van der Waals surface area contributed by atoms with Crippen LogP contribution in [0.3, 0.4) is 0 Å². The molecule has 2 N–H and O–H groups in total. The topological polar surface area (TPSA) is 54.1 Å². The lowest BCUT2D eigenvalue weighted by atomic mass is 9.99. The Balaban J connectivity index is 0.00000300. The number of aliphatic imine (C=N–C) groups is 1. The highest BCUT2D eigenvalue weighted by atomic mass is 127. The van der Waals surface area contributed by atoms with Gasteiger partial charge in [0.15, 0.2) is 5.96 Å². The first-order chi connectivity index (χ1) is 13.3. The fourth-order valence-electron chi connectivity index (χ4n) is 3.73. The molecule has 1 unspecified atom stereocenters. The molecule has 1 aromatic rings. The first-order valence-electron chi connectivity index (χ1n) is 9.88. The van der Waals surface area contributed by atoms with Crippen LogP contribution < -0.4 is 5.73 Å². The summed E-state index contributed by atoms with van der Waals surface area (Å²) in [5, 5.41) is 0. The van der Waals surface area contributed by atoms with Gasteiger partial charge in [0, 0.05) is 26.2 Å². The predicted octanol–water partition coefficient (Wildman–Crippen LogP) is 3.74. The lowest BCUT2D eigenvalue weighted by molar-refractivity contribution is -0.137. The number of nitrogens with zero attached hydrogens (tertiary/aromatic N) is 3. The van der Waals surface area contributed by atoms with E-state index >= 15 is 0 Å². The van der Waals surface area contributed by atoms with Crippen molar-refractivity contribution in [3.8, 4) is 0 Å². The van der Waals surface area contributed by atoms with Crippen LogP contribution in [0.2, 0.25) is 0 Å².